The van der Waals surface area contributed by atoms with Crippen LogP contribution in [0.5, 0.6) is 11.5 Å². The van der Waals surface area contributed by atoms with Crippen LogP contribution >= 0.6 is 11.6 Å². The Bertz CT molecular complexity index is 590. The van der Waals surface area contributed by atoms with Crippen molar-refractivity contribution in [2.75, 3.05) is 14.2 Å². The van der Waals surface area contributed by atoms with E-state index >= 15 is 0 Å². The van der Waals surface area contributed by atoms with Crippen LogP contribution in [0.15, 0.2) is 42.5 Å². The van der Waals surface area contributed by atoms with E-state index in [0.717, 1.165) is 11.1 Å². The number of benzene rings is 2. The number of hydrogen-bond acceptors (Lipinski definition) is 4. The van der Waals surface area contributed by atoms with Crippen molar-refractivity contribution in [2.45, 2.75) is 6.04 Å². The van der Waals surface area contributed by atoms with Crippen molar-refractivity contribution in [1.82, 2.24) is 5.43 Å². The lowest BCUT2D eigenvalue weighted by atomic mass is 9.98. The summed E-state index contributed by atoms with van der Waals surface area (Å²) >= 11 is 6.04. The van der Waals surface area contributed by atoms with Crippen molar-refractivity contribution >= 4 is 11.6 Å². The highest BCUT2D eigenvalue weighted by molar-refractivity contribution is 6.30. The Kier molecular flexibility index (Phi) is 4.84. The van der Waals surface area contributed by atoms with Crippen molar-refractivity contribution in [3.63, 3.8) is 0 Å². The molecule has 106 valence electrons. The first kappa shape index (κ1) is 14.7. The predicted octanol–water partition coefficient (Wildman–Crippen LogP) is 2.91. The minimum atomic E-state index is -0.237. The summed E-state index contributed by atoms with van der Waals surface area (Å²) in [5.41, 5.74) is 4.63. The number of nitrogens with one attached hydrogen (secondary N) is 1. The molecule has 2 aromatic rings. The van der Waals surface area contributed by atoms with Gasteiger partial charge in [-0.05, 0) is 23.8 Å². The summed E-state index contributed by atoms with van der Waals surface area (Å²) in [7, 11) is 3.21. The zero-order valence-corrected chi connectivity index (χ0v) is 12.1. The second kappa shape index (κ2) is 6.61. The fourth-order valence-electron chi connectivity index (χ4n) is 2.19. The van der Waals surface area contributed by atoms with Gasteiger partial charge in [0.25, 0.3) is 0 Å². The largest absolute Gasteiger partial charge is 0.493 e. The lowest BCUT2D eigenvalue weighted by molar-refractivity contribution is 0.349. The molecular formula is C15H17ClN2O2. The third-order valence-electron chi connectivity index (χ3n) is 3.09. The van der Waals surface area contributed by atoms with E-state index in [2.05, 4.69) is 5.43 Å². The first-order valence-corrected chi connectivity index (χ1v) is 6.51. The van der Waals surface area contributed by atoms with Gasteiger partial charge in [-0.1, -0.05) is 35.9 Å². The normalized spacial score (nSPS) is 12.0. The summed E-state index contributed by atoms with van der Waals surface area (Å²) in [4.78, 5) is 0. The maximum atomic E-state index is 6.04. The molecule has 0 saturated heterocycles. The molecule has 0 radical (unpaired) electrons. The molecule has 1 atom stereocenters. The Labute approximate surface area is 123 Å². The average molecular weight is 293 g/mol. The van der Waals surface area contributed by atoms with Gasteiger partial charge in [-0.2, -0.15) is 0 Å². The quantitative estimate of drug-likeness (QED) is 0.657. The number of para-hydroxylation sites is 1. The van der Waals surface area contributed by atoms with Crippen molar-refractivity contribution in [3.8, 4) is 11.5 Å². The van der Waals surface area contributed by atoms with E-state index in [9.17, 15) is 0 Å². The molecule has 2 aromatic carbocycles. The van der Waals surface area contributed by atoms with Crippen LogP contribution in [0.1, 0.15) is 17.2 Å². The van der Waals surface area contributed by atoms with Crippen molar-refractivity contribution < 1.29 is 9.47 Å². The first-order chi connectivity index (χ1) is 9.71. The van der Waals surface area contributed by atoms with Crippen molar-refractivity contribution in [1.29, 1.82) is 0 Å². The minimum Gasteiger partial charge on any atom is -0.493 e. The Morgan fingerprint density at radius 2 is 1.85 bits per heavy atom. The van der Waals surface area contributed by atoms with E-state index in [1.807, 2.05) is 42.5 Å². The molecule has 0 bridgehead atoms. The lowest BCUT2D eigenvalue weighted by Gasteiger charge is -2.21. The van der Waals surface area contributed by atoms with Gasteiger partial charge in [-0.25, -0.2) is 5.43 Å². The molecule has 4 nitrogen and oxygen atoms in total. The number of ether oxygens (including phenoxy) is 2. The molecule has 0 saturated carbocycles. The summed E-state index contributed by atoms with van der Waals surface area (Å²) in [5, 5.41) is 0.657. The van der Waals surface area contributed by atoms with Gasteiger partial charge in [-0.3, -0.25) is 5.84 Å². The molecule has 0 fully saturated rings. The molecule has 0 spiro atoms. The van der Waals surface area contributed by atoms with Crippen LogP contribution in [0.3, 0.4) is 0 Å². The van der Waals surface area contributed by atoms with E-state index < -0.39 is 0 Å². The van der Waals surface area contributed by atoms with Gasteiger partial charge in [0.2, 0.25) is 0 Å². The molecule has 3 N–H and O–H groups in total. The molecule has 20 heavy (non-hydrogen) atoms. The topological polar surface area (TPSA) is 56.5 Å². The van der Waals surface area contributed by atoms with Crippen molar-refractivity contribution in [2.24, 2.45) is 5.84 Å². The molecule has 1 unspecified atom stereocenters. The monoisotopic (exact) mass is 292 g/mol. The molecule has 0 aromatic heterocycles. The van der Waals surface area contributed by atoms with Gasteiger partial charge in [-0.15, -0.1) is 0 Å². The fraction of sp³-hybridized carbons (Fsp3) is 0.200. The van der Waals surface area contributed by atoms with Gasteiger partial charge < -0.3 is 9.47 Å². The van der Waals surface area contributed by atoms with E-state index in [1.165, 1.54) is 0 Å². The Morgan fingerprint density at radius 3 is 2.45 bits per heavy atom. The molecule has 0 aliphatic heterocycles. The van der Waals surface area contributed by atoms with Crippen LogP contribution in [-0.2, 0) is 0 Å². The third-order valence-corrected chi connectivity index (χ3v) is 3.33. The average Bonchev–Trinajstić information content (AvgIpc) is 2.47. The van der Waals surface area contributed by atoms with E-state index in [-0.39, 0.29) is 6.04 Å². The van der Waals surface area contributed by atoms with Crippen LogP contribution in [0.4, 0.5) is 0 Å². The van der Waals surface area contributed by atoms with Crippen LogP contribution in [0.25, 0.3) is 0 Å². The molecule has 0 amide bonds. The first-order valence-electron chi connectivity index (χ1n) is 6.13. The van der Waals surface area contributed by atoms with Crippen LogP contribution in [-0.4, -0.2) is 14.2 Å². The predicted molar refractivity (Wildman–Crippen MR) is 80.2 cm³/mol. The van der Waals surface area contributed by atoms with Gasteiger partial charge in [0.15, 0.2) is 11.5 Å². The summed E-state index contributed by atoms with van der Waals surface area (Å²) in [6.45, 7) is 0. The number of halogens is 1. The smallest absolute Gasteiger partial charge is 0.165 e. The standard InChI is InChI=1S/C15H17ClN2O2/c1-19-13-8-4-7-12(15(13)20-2)14(18-17)10-5-3-6-11(16)9-10/h3-9,14,18H,17H2,1-2H3. The van der Waals surface area contributed by atoms with Gasteiger partial charge in [0.1, 0.15) is 0 Å². The summed E-state index contributed by atoms with van der Waals surface area (Å²) in [6, 6.07) is 13.0. The van der Waals surface area contributed by atoms with Crippen molar-refractivity contribution in [3.05, 3.63) is 58.6 Å². The minimum absolute atomic E-state index is 0.237. The maximum Gasteiger partial charge on any atom is 0.165 e. The maximum absolute atomic E-state index is 6.04. The molecular weight excluding hydrogens is 276 g/mol. The Morgan fingerprint density at radius 1 is 1.10 bits per heavy atom. The molecule has 0 aliphatic rings. The molecule has 0 heterocycles. The Balaban J connectivity index is 2.52. The highest BCUT2D eigenvalue weighted by Crippen LogP contribution is 2.37. The second-order valence-electron chi connectivity index (χ2n) is 4.24. The lowest BCUT2D eigenvalue weighted by Crippen LogP contribution is -2.29. The number of methoxy groups -OCH3 is 2. The van der Waals surface area contributed by atoms with Crippen LogP contribution in [0, 0.1) is 0 Å². The van der Waals surface area contributed by atoms with Crippen LogP contribution in [0.2, 0.25) is 5.02 Å². The highest BCUT2D eigenvalue weighted by Gasteiger charge is 2.19. The molecule has 5 heteroatoms. The fourth-order valence-corrected chi connectivity index (χ4v) is 2.39. The zero-order chi connectivity index (χ0) is 14.5. The highest BCUT2D eigenvalue weighted by atomic mass is 35.5. The SMILES string of the molecule is COc1cccc(C(NN)c2cccc(Cl)c2)c1OC. The van der Waals surface area contributed by atoms with Gasteiger partial charge in [0.05, 0.1) is 20.3 Å². The number of hydrazine groups is 1. The van der Waals surface area contributed by atoms with E-state index in [4.69, 9.17) is 26.9 Å². The zero-order valence-electron chi connectivity index (χ0n) is 11.4. The Hall–Kier alpha value is -1.75. The van der Waals surface area contributed by atoms with E-state index in [0.29, 0.717) is 16.5 Å². The van der Waals surface area contributed by atoms with Gasteiger partial charge >= 0.3 is 0 Å². The summed E-state index contributed by atoms with van der Waals surface area (Å²) in [6.07, 6.45) is 0. The molecule has 2 rings (SSSR count). The van der Waals surface area contributed by atoms with Gasteiger partial charge in [0, 0.05) is 10.6 Å². The third kappa shape index (κ3) is 2.88. The summed E-state index contributed by atoms with van der Waals surface area (Å²) in [5.74, 6) is 7.02. The van der Waals surface area contributed by atoms with E-state index in [1.54, 1.807) is 14.2 Å². The summed E-state index contributed by atoms with van der Waals surface area (Å²) < 4.78 is 10.8. The second-order valence-corrected chi connectivity index (χ2v) is 4.67. The number of rotatable bonds is 5. The molecule has 0 aliphatic carbocycles. The number of nitrogens with two attached hydrogens (primary N) is 1. The van der Waals surface area contributed by atoms with Crippen LogP contribution < -0.4 is 20.7 Å². The number of hydrogen-bond donors (Lipinski definition) is 2.